The van der Waals surface area contributed by atoms with Crippen LogP contribution in [0.5, 0.6) is 0 Å². The maximum absolute atomic E-state index is 14.7. The van der Waals surface area contributed by atoms with Gasteiger partial charge in [-0.05, 0) is 0 Å². The van der Waals surface area contributed by atoms with Gasteiger partial charge in [-0.1, -0.05) is 0 Å². The van der Waals surface area contributed by atoms with Gasteiger partial charge < -0.3 is 29.0 Å². The third kappa shape index (κ3) is 2.82. The van der Waals surface area contributed by atoms with Crippen LogP contribution in [0.25, 0.3) is 0 Å². The van der Waals surface area contributed by atoms with Crippen LogP contribution < -0.4 is 0 Å². The van der Waals surface area contributed by atoms with Crippen LogP contribution in [0.2, 0.25) is 0 Å². The van der Waals surface area contributed by atoms with E-state index in [2.05, 4.69) is 9.47 Å². The van der Waals surface area contributed by atoms with Crippen LogP contribution in [0.15, 0.2) is 0 Å². The predicted octanol–water partition coefficient (Wildman–Crippen LogP) is -0.0794. The Kier molecular flexibility index (Phi) is 5.03. The summed E-state index contributed by atoms with van der Waals surface area (Å²) in [5, 5.41) is 18.9. The van der Waals surface area contributed by atoms with Crippen LogP contribution in [0, 0.1) is 5.82 Å². The molecule has 9 heteroatoms. The monoisotopic (exact) mass is 331 g/mol. The Morgan fingerprint density at radius 2 is 1.87 bits per heavy atom. The summed E-state index contributed by atoms with van der Waals surface area (Å²) in [5.74, 6) is -2.80. The molecule has 0 aromatic carbocycles. The van der Waals surface area contributed by atoms with E-state index in [-0.39, 0.29) is 17.7 Å². The van der Waals surface area contributed by atoms with Crippen LogP contribution in [0.1, 0.15) is 39.1 Å². The van der Waals surface area contributed by atoms with E-state index in [0.717, 1.165) is 18.8 Å². The number of esters is 2. The first-order valence-electron chi connectivity index (χ1n) is 6.86. The molecular formula is C14H18FNO7. The summed E-state index contributed by atoms with van der Waals surface area (Å²) < 4.78 is 30.3. The lowest BCUT2D eigenvalue weighted by atomic mass is 10.0. The van der Waals surface area contributed by atoms with Gasteiger partial charge in [-0.25, -0.2) is 14.0 Å². The number of rotatable bonds is 4. The smallest absolute Gasteiger partial charge is 0.357 e. The van der Waals surface area contributed by atoms with E-state index in [1.165, 1.54) is 7.05 Å². The molecule has 0 bridgehead atoms. The molecule has 0 aliphatic carbocycles. The molecule has 23 heavy (non-hydrogen) atoms. The minimum Gasteiger partial charge on any atom is -0.464 e. The number of halogens is 1. The van der Waals surface area contributed by atoms with Gasteiger partial charge in [-0.15, -0.1) is 0 Å². The van der Waals surface area contributed by atoms with Crippen molar-refractivity contribution in [3.63, 3.8) is 0 Å². The van der Waals surface area contributed by atoms with Gasteiger partial charge in [0, 0.05) is 13.5 Å². The summed E-state index contributed by atoms with van der Waals surface area (Å²) in [7, 11) is 3.53. The first-order valence-corrected chi connectivity index (χ1v) is 6.86. The predicted molar refractivity (Wildman–Crippen MR) is 73.4 cm³/mol. The van der Waals surface area contributed by atoms with Crippen molar-refractivity contribution in [1.82, 2.24) is 4.57 Å². The SMILES string of the molecule is COC(=O)c1c(F)c(C2CC(O)C(CO)O2)c(C(=O)OC)n1C. The number of hydrogen-bond acceptors (Lipinski definition) is 7. The van der Waals surface area contributed by atoms with Crippen molar-refractivity contribution in [3.05, 3.63) is 22.8 Å². The lowest BCUT2D eigenvalue weighted by Gasteiger charge is -2.13. The maximum atomic E-state index is 14.7. The standard InChI is InChI=1S/C14H18FNO7/c1-16-11(13(19)21-2)9(10(15)12(16)14(20)22-3)7-4-6(18)8(5-17)23-7/h6-8,17-18H,4-5H2,1-3H3. The van der Waals surface area contributed by atoms with E-state index >= 15 is 0 Å². The molecule has 1 aromatic heterocycles. The second-order valence-electron chi connectivity index (χ2n) is 5.12. The molecule has 1 fully saturated rings. The van der Waals surface area contributed by atoms with Crippen molar-refractivity contribution in [3.8, 4) is 0 Å². The number of nitrogens with zero attached hydrogens (tertiary/aromatic N) is 1. The van der Waals surface area contributed by atoms with Crippen LogP contribution in [0.3, 0.4) is 0 Å². The largest absolute Gasteiger partial charge is 0.464 e. The Balaban J connectivity index is 2.58. The molecule has 1 aliphatic rings. The third-order valence-corrected chi connectivity index (χ3v) is 3.85. The number of carbonyl (C=O) groups is 2. The van der Waals surface area contributed by atoms with Crippen molar-refractivity contribution >= 4 is 11.9 Å². The van der Waals surface area contributed by atoms with E-state index in [9.17, 15) is 19.1 Å². The molecule has 0 saturated carbocycles. The van der Waals surface area contributed by atoms with Crippen molar-refractivity contribution in [2.75, 3.05) is 20.8 Å². The normalized spacial score (nSPS) is 23.8. The first-order chi connectivity index (χ1) is 10.9. The molecule has 3 unspecified atom stereocenters. The zero-order valence-electron chi connectivity index (χ0n) is 12.9. The van der Waals surface area contributed by atoms with Crippen molar-refractivity contribution in [1.29, 1.82) is 0 Å². The number of ether oxygens (including phenoxy) is 3. The minimum absolute atomic E-state index is 0.0310. The summed E-state index contributed by atoms with van der Waals surface area (Å²) >= 11 is 0. The van der Waals surface area contributed by atoms with Gasteiger partial charge in [0.05, 0.1) is 38.6 Å². The quantitative estimate of drug-likeness (QED) is 0.743. The zero-order chi connectivity index (χ0) is 17.3. The Hall–Kier alpha value is -1.97. The van der Waals surface area contributed by atoms with Crippen molar-refractivity contribution in [2.24, 2.45) is 7.05 Å². The van der Waals surface area contributed by atoms with Gasteiger partial charge in [0.2, 0.25) is 0 Å². The van der Waals surface area contributed by atoms with Gasteiger partial charge in [0.15, 0.2) is 11.5 Å². The Morgan fingerprint density at radius 3 is 2.35 bits per heavy atom. The fourth-order valence-electron chi connectivity index (χ4n) is 2.71. The van der Waals surface area contributed by atoms with Gasteiger partial charge in [-0.2, -0.15) is 0 Å². The molecule has 3 atom stereocenters. The number of aliphatic hydroxyl groups excluding tert-OH is 2. The van der Waals surface area contributed by atoms with Crippen molar-refractivity contribution < 1.29 is 38.4 Å². The minimum atomic E-state index is -1.02. The summed E-state index contributed by atoms with van der Waals surface area (Å²) in [4.78, 5) is 23.8. The van der Waals surface area contributed by atoms with Crippen molar-refractivity contribution in [2.45, 2.75) is 24.7 Å². The molecule has 2 heterocycles. The van der Waals surface area contributed by atoms with Crippen LogP contribution in [-0.2, 0) is 21.3 Å². The second-order valence-corrected chi connectivity index (χ2v) is 5.12. The van der Waals surface area contributed by atoms with Gasteiger partial charge >= 0.3 is 11.9 Å². The molecule has 1 saturated heterocycles. The Bertz CT molecular complexity index is 627. The summed E-state index contributed by atoms with van der Waals surface area (Å²) in [6.07, 6.45) is -2.94. The second kappa shape index (κ2) is 6.65. The number of methoxy groups -OCH3 is 2. The highest BCUT2D eigenvalue weighted by Crippen LogP contribution is 2.38. The number of carbonyl (C=O) groups excluding carboxylic acids is 2. The van der Waals surface area contributed by atoms with Crippen LogP contribution in [0.4, 0.5) is 4.39 Å². The first kappa shape index (κ1) is 17.4. The summed E-state index contributed by atoms with van der Waals surface area (Å²) in [6.45, 7) is -0.455. The maximum Gasteiger partial charge on any atom is 0.357 e. The molecule has 1 aromatic rings. The van der Waals surface area contributed by atoms with Gasteiger partial charge in [0.1, 0.15) is 11.8 Å². The van der Waals surface area contributed by atoms with E-state index in [0.29, 0.717) is 0 Å². The third-order valence-electron chi connectivity index (χ3n) is 3.85. The average Bonchev–Trinajstić information content (AvgIpc) is 3.02. The molecule has 0 spiro atoms. The molecule has 0 radical (unpaired) electrons. The zero-order valence-corrected chi connectivity index (χ0v) is 12.9. The molecule has 128 valence electrons. The Morgan fingerprint density at radius 1 is 1.30 bits per heavy atom. The number of aromatic nitrogens is 1. The van der Waals surface area contributed by atoms with Crippen LogP contribution >= 0.6 is 0 Å². The highest BCUT2D eigenvalue weighted by Gasteiger charge is 2.41. The molecule has 8 nitrogen and oxygen atoms in total. The highest BCUT2D eigenvalue weighted by molar-refractivity contribution is 5.95. The van der Waals surface area contributed by atoms with E-state index in [1.54, 1.807) is 0 Å². The average molecular weight is 331 g/mol. The highest BCUT2D eigenvalue weighted by atomic mass is 19.1. The number of aliphatic hydroxyl groups is 2. The van der Waals surface area contributed by atoms with Gasteiger partial charge in [-0.3, -0.25) is 0 Å². The summed E-state index contributed by atoms with van der Waals surface area (Å²) in [6, 6.07) is 0. The molecule has 0 amide bonds. The number of hydrogen-bond donors (Lipinski definition) is 2. The fraction of sp³-hybridized carbons (Fsp3) is 0.571. The Labute approximate surface area is 131 Å². The van der Waals surface area contributed by atoms with E-state index < -0.39 is 48.4 Å². The lowest BCUT2D eigenvalue weighted by molar-refractivity contribution is -0.0236. The molecule has 1 aliphatic heterocycles. The van der Waals surface area contributed by atoms with Crippen LogP contribution in [-0.4, -0.2) is 59.8 Å². The molecular weight excluding hydrogens is 313 g/mol. The summed E-state index contributed by atoms with van der Waals surface area (Å²) in [5.41, 5.74) is -0.857. The molecule has 2 rings (SSSR count). The fourth-order valence-corrected chi connectivity index (χ4v) is 2.71. The topological polar surface area (TPSA) is 107 Å². The lowest BCUT2D eigenvalue weighted by Crippen LogP contribution is -2.24. The van der Waals surface area contributed by atoms with Gasteiger partial charge in [0.25, 0.3) is 0 Å². The molecule has 2 N–H and O–H groups in total. The van der Waals surface area contributed by atoms with E-state index in [1.807, 2.05) is 0 Å². The van der Waals surface area contributed by atoms with E-state index in [4.69, 9.17) is 9.84 Å².